The third-order valence-corrected chi connectivity index (χ3v) is 3.28. The zero-order valence-corrected chi connectivity index (χ0v) is 12.9. The maximum Gasteiger partial charge on any atom is 0.308 e. The van der Waals surface area contributed by atoms with Gasteiger partial charge < -0.3 is 19.1 Å². The molecule has 0 atom stereocenters. The second kappa shape index (κ2) is 6.51. The first-order valence-corrected chi connectivity index (χ1v) is 7.12. The molecule has 0 aliphatic heterocycles. The number of hydrogen-bond donors (Lipinski definition) is 1. The summed E-state index contributed by atoms with van der Waals surface area (Å²) in [6.07, 6.45) is 1.75. The molecule has 1 N–H and O–H groups in total. The van der Waals surface area contributed by atoms with Gasteiger partial charge in [-0.05, 0) is 18.6 Å². The Hall–Kier alpha value is -2.50. The molecule has 0 amide bonds. The predicted octanol–water partition coefficient (Wildman–Crippen LogP) is 2.35. The van der Waals surface area contributed by atoms with Crippen LogP contribution in [-0.4, -0.2) is 22.2 Å². The van der Waals surface area contributed by atoms with Gasteiger partial charge in [-0.15, -0.1) is 0 Å². The van der Waals surface area contributed by atoms with Crippen molar-refractivity contribution in [1.29, 1.82) is 0 Å². The Morgan fingerprint density at radius 3 is 2.68 bits per heavy atom. The van der Waals surface area contributed by atoms with Gasteiger partial charge in [-0.3, -0.25) is 9.59 Å². The molecule has 2 aromatic rings. The van der Waals surface area contributed by atoms with Crippen LogP contribution in [0.15, 0.2) is 23.0 Å². The third kappa shape index (κ3) is 3.05. The summed E-state index contributed by atoms with van der Waals surface area (Å²) >= 11 is 0. The van der Waals surface area contributed by atoms with E-state index in [9.17, 15) is 14.7 Å². The van der Waals surface area contributed by atoms with Crippen molar-refractivity contribution in [3.8, 4) is 17.2 Å². The first kappa shape index (κ1) is 15.9. The Balaban J connectivity index is 2.70. The number of nitrogens with zero attached hydrogens (tertiary/aromatic N) is 1. The van der Waals surface area contributed by atoms with Crippen molar-refractivity contribution in [2.45, 2.75) is 26.7 Å². The second-order valence-electron chi connectivity index (χ2n) is 5.02. The van der Waals surface area contributed by atoms with Crippen LogP contribution in [0.3, 0.4) is 0 Å². The summed E-state index contributed by atoms with van der Waals surface area (Å²) in [4.78, 5) is 23.7. The van der Waals surface area contributed by atoms with Crippen molar-refractivity contribution < 1.29 is 19.4 Å². The van der Waals surface area contributed by atoms with Gasteiger partial charge >= 0.3 is 5.97 Å². The zero-order valence-electron chi connectivity index (χ0n) is 12.9. The largest absolute Gasteiger partial charge is 0.508 e. The molecule has 22 heavy (non-hydrogen) atoms. The molecule has 6 heteroatoms. The lowest BCUT2D eigenvalue weighted by Gasteiger charge is -2.15. The van der Waals surface area contributed by atoms with Crippen molar-refractivity contribution >= 4 is 16.9 Å². The molecule has 118 valence electrons. The van der Waals surface area contributed by atoms with Gasteiger partial charge in [0, 0.05) is 25.4 Å². The van der Waals surface area contributed by atoms with Crippen LogP contribution >= 0.6 is 0 Å². The minimum atomic E-state index is -0.587. The quantitative estimate of drug-likeness (QED) is 0.677. The smallest absolute Gasteiger partial charge is 0.308 e. The van der Waals surface area contributed by atoms with Crippen LogP contribution in [0.4, 0.5) is 0 Å². The summed E-state index contributed by atoms with van der Waals surface area (Å²) in [5.41, 5.74) is 0.0206. The average Bonchev–Trinajstić information content (AvgIpc) is 2.47. The molecule has 1 aromatic heterocycles. The Kier molecular flexibility index (Phi) is 4.70. The topological polar surface area (TPSA) is 77.8 Å². The molecule has 0 aliphatic carbocycles. The highest BCUT2D eigenvalue weighted by atomic mass is 16.6. The van der Waals surface area contributed by atoms with Gasteiger partial charge in [0.2, 0.25) is 5.75 Å². The van der Waals surface area contributed by atoms with Gasteiger partial charge in [-0.2, -0.15) is 0 Å². The highest BCUT2D eigenvalue weighted by Crippen LogP contribution is 2.34. The van der Waals surface area contributed by atoms with E-state index >= 15 is 0 Å². The fourth-order valence-corrected chi connectivity index (χ4v) is 2.17. The molecule has 0 bridgehead atoms. The average molecular weight is 305 g/mol. The number of carbonyl (C=O) groups is 1. The number of phenols is 1. The van der Waals surface area contributed by atoms with E-state index in [0.717, 1.165) is 12.8 Å². The highest BCUT2D eigenvalue weighted by Gasteiger charge is 2.20. The van der Waals surface area contributed by atoms with Crippen LogP contribution in [0, 0.1) is 0 Å². The maximum atomic E-state index is 12.4. The molecular formula is C16H19NO5. The van der Waals surface area contributed by atoms with Crippen LogP contribution in [0.5, 0.6) is 17.2 Å². The number of rotatable bonds is 5. The van der Waals surface area contributed by atoms with E-state index in [-0.39, 0.29) is 17.2 Å². The van der Waals surface area contributed by atoms with E-state index in [0.29, 0.717) is 17.5 Å². The molecular weight excluding hydrogens is 286 g/mol. The number of unbranched alkanes of at least 4 members (excludes halogenated alkanes) is 1. The number of fused-ring (bicyclic) bond motifs is 1. The van der Waals surface area contributed by atoms with E-state index in [1.54, 1.807) is 13.1 Å². The number of hydrogen-bond acceptors (Lipinski definition) is 5. The molecule has 0 fully saturated rings. The zero-order chi connectivity index (χ0) is 16.3. The normalized spacial score (nSPS) is 10.7. The maximum absolute atomic E-state index is 12.4. The van der Waals surface area contributed by atoms with E-state index in [1.165, 1.54) is 23.6 Å². The fraction of sp³-hybridized carbons (Fsp3) is 0.375. The summed E-state index contributed by atoms with van der Waals surface area (Å²) in [6.45, 7) is 3.67. The first-order valence-electron chi connectivity index (χ1n) is 7.12. The monoisotopic (exact) mass is 305 g/mol. The van der Waals surface area contributed by atoms with E-state index in [1.807, 2.05) is 6.92 Å². The van der Waals surface area contributed by atoms with Crippen LogP contribution < -0.4 is 15.0 Å². The Bertz CT molecular complexity index is 763. The molecule has 0 aliphatic rings. The van der Waals surface area contributed by atoms with E-state index in [4.69, 9.17) is 9.47 Å². The lowest BCUT2D eigenvalue weighted by atomic mass is 10.1. The van der Waals surface area contributed by atoms with Crippen LogP contribution in [0.25, 0.3) is 10.9 Å². The summed E-state index contributed by atoms with van der Waals surface area (Å²) < 4.78 is 12.1. The highest BCUT2D eigenvalue weighted by molar-refractivity contribution is 5.89. The number of esters is 1. The number of carbonyl (C=O) groups excluding carboxylic acids is 1. The molecule has 6 nitrogen and oxygen atoms in total. The lowest BCUT2D eigenvalue weighted by molar-refractivity contribution is -0.132. The predicted molar refractivity (Wildman–Crippen MR) is 82.6 cm³/mol. The number of phenolic OH excluding ortho intramolecular Hbond substituents is 1. The van der Waals surface area contributed by atoms with Crippen LogP contribution in [-0.2, 0) is 11.8 Å². The molecule has 0 radical (unpaired) electrons. The Morgan fingerprint density at radius 1 is 1.32 bits per heavy atom. The van der Waals surface area contributed by atoms with E-state index < -0.39 is 11.5 Å². The number of aromatic nitrogens is 1. The molecule has 0 unspecified atom stereocenters. The van der Waals surface area contributed by atoms with Crippen molar-refractivity contribution in [2.75, 3.05) is 6.61 Å². The van der Waals surface area contributed by atoms with Crippen LogP contribution in [0.1, 0.15) is 26.7 Å². The summed E-state index contributed by atoms with van der Waals surface area (Å²) in [5, 5.41) is 10.2. The number of pyridine rings is 1. The standard InChI is InChI=1S/C16H19NO5/c1-4-5-8-21-14-12-7-6-11(19)9-13(12)17(3)16(20)15(14)22-10(2)18/h6-7,9,19H,4-5,8H2,1-3H3. The number of benzene rings is 1. The summed E-state index contributed by atoms with van der Waals surface area (Å²) in [5.74, 6) is -0.427. The van der Waals surface area contributed by atoms with Gasteiger partial charge in [0.25, 0.3) is 5.56 Å². The molecule has 0 saturated heterocycles. The van der Waals surface area contributed by atoms with E-state index in [2.05, 4.69) is 0 Å². The van der Waals surface area contributed by atoms with Crippen molar-refractivity contribution in [3.05, 3.63) is 28.6 Å². The van der Waals surface area contributed by atoms with Crippen molar-refractivity contribution in [2.24, 2.45) is 7.05 Å². The van der Waals surface area contributed by atoms with Crippen molar-refractivity contribution in [1.82, 2.24) is 4.57 Å². The third-order valence-electron chi connectivity index (χ3n) is 3.28. The number of ether oxygens (including phenoxy) is 2. The molecule has 1 aromatic carbocycles. The minimum Gasteiger partial charge on any atom is -0.508 e. The molecule has 2 rings (SSSR count). The van der Waals surface area contributed by atoms with Gasteiger partial charge in [0.15, 0.2) is 5.75 Å². The van der Waals surface area contributed by atoms with Gasteiger partial charge in [0.1, 0.15) is 5.75 Å². The van der Waals surface area contributed by atoms with Gasteiger partial charge in [-0.25, -0.2) is 0 Å². The SMILES string of the molecule is CCCCOc1c(OC(C)=O)c(=O)n(C)c2cc(O)ccc12. The van der Waals surface area contributed by atoms with Gasteiger partial charge in [0.05, 0.1) is 12.1 Å². The summed E-state index contributed by atoms with van der Waals surface area (Å²) in [6, 6.07) is 4.61. The van der Waals surface area contributed by atoms with Gasteiger partial charge in [-0.1, -0.05) is 13.3 Å². The Morgan fingerprint density at radius 2 is 2.05 bits per heavy atom. The fourth-order valence-electron chi connectivity index (χ4n) is 2.17. The first-order chi connectivity index (χ1) is 10.5. The molecule has 0 spiro atoms. The van der Waals surface area contributed by atoms with Crippen molar-refractivity contribution in [3.63, 3.8) is 0 Å². The molecule has 0 saturated carbocycles. The second-order valence-corrected chi connectivity index (χ2v) is 5.02. The van der Waals surface area contributed by atoms with Crippen LogP contribution in [0.2, 0.25) is 0 Å². The lowest BCUT2D eigenvalue weighted by Crippen LogP contribution is -2.22. The number of aryl methyl sites for hydroxylation is 1. The molecule has 1 heterocycles. The number of aromatic hydroxyl groups is 1. The summed E-state index contributed by atoms with van der Waals surface area (Å²) in [7, 11) is 1.55. The minimum absolute atomic E-state index is 0.0437. The Labute approximate surface area is 127 Å².